The van der Waals surface area contributed by atoms with Crippen molar-refractivity contribution in [2.45, 2.75) is 13.8 Å². The number of piperazine rings is 1. The highest BCUT2D eigenvalue weighted by atomic mass is 16.5. The predicted octanol–water partition coefficient (Wildman–Crippen LogP) is 2.01. The van der Waals surface area contributed by atoms with Crippen LogP contribution >= 0.6 is 0 Å². The lowest BCUT2D eigenvalue weighted by Crippen LogP contribution is -2.47. The van der Waals surface area contributed by atoms with Gasteiger partial charge in [-0.3, -0.25) is 0 Å². The molecule has 1 saturated heterocycles. The van der Waals surface area contributed by atoms with Crippen molar-refractivity contribution in [3.05, 3.63) is 23.8 Å². The summed E-state index contributed by atoms with van der Waals surface area (Å²) in [7, 11) is 3.80. The molecule has 134 valence electrons. The van der Waals surface area contributed by atoms with Gasteiger partial charge in [-0.25, -0.2) is 4.79 Å². The molecule has 6 heteroatoms. The number of aryl methyl sites for hydroxylation is 1. The molecule has 1 aromatic rings. The molecule has 1 aromatic carbocycles. The molecule has 1 aliphatic rings. The highest BCUT2D eigenvalue weighted by Gasteiger charge is 2.16. The van der Waals surface area contributed by atoms with Gasteiger partial charge in [0.15, 0.2) is 0 Å². The predicted molar refractivity (Wildman–Crippen MR) is 97.9 cm³/mol. The molecule has 1 heterocycles. The van der Waals surface area contributed by atoms with E-state index in [-0.39, 0.29) is 6.03 Å². The van der Waals surface area contributed by atoms with E-state index in [4.69, 9.17) is 4.74 Å². The standard InChI is InChI=1S/C18H30N4O2/c1-14(13-22-9-7-21(3)8-10-22)12-19-18(23)20-16-5-6-17(24-4)15(2)11-16/h5-6,11,14H,7-10,12-13H2,1-4H3,(H2,19,20,23)/t14-/m1/s1. The zero-order chi connectivity index (χ0) is 17.5. The van der Waals surface area contributed by atoms with Crippen LogP contribution in [0.3, 0.4) is 0 Å². The summed E-state index contributed by atoms with van der Waals surface area (Å²) in [6.07, 6.45) is 0. The molecule has 1 aliphatic heterocycles. The Kier molecular flexibility index (Phi) is 6.87. The second-order valence-corrected chi connectivity index (χ2v) is 6.73. The minimum atomic E-state index is -0.162. The summed E-state index contributed by atoms with van der Waals surface area (Å²) in [4.78, 5) is 16.9. The first-order chi connectivity index (χ1) is 11.5. The third-order valence-corrected chi connectivity index (χ3v) is 4.43. The van der Waals surface area contributed by atoms with E-state index in [1.54, 1.807) is 7.11 Å². The molecule has 0 bridgehead atoms. The number of benzene rings is 1. The average Bonchev–Trinajstić information content (AvgIpc) is 2.55. The Morgan fingerprint density at radius 3 is 2.62 bits per heavy atom. The fraction of sp³-hybridized carbons (Fsp3) is 0.611. The second kappa shape index (κ2) is 8.89. The van der Waals surface area contributed by atoms with Crippen LogP contribution in [0.4, 0.5) is 10.5 Å². The fourth-order valence-corrected chi connectivity index (χ4v) is 2.93. The maximum Gasteiger partial charge on any atom is 0.319 e. The average molecular weight is 334 g/mol. The fourth-order valence-electron chi connectivity index (χ4n) is 2.93. The van der Waals surface area contributed by atoms with Crippen molar-refractivity contribution in [2.24, 2.45) is 5.92 Å². The maximum absolute atomic E-state index is 12.0. The number of nitrogens with zero attached hydrogens (tertiary/aromatic N) is 2. The monoisotopic (exact) mass is 334 g/mol. The van der Waals surface area contributed by atoms with E-state index in [0.29, 0.717) is 12.5 Å². The quantitative estimate of drug-likeness (QED) is 0.836. The van der Waals surface area contributed by atoms with Gasteiger partial charge >= 0.3 is 6.03 Å². The number of likely N-dealkylation sites (N-methyl/N-ethyl adjacent to an activating group) is 1. The number of rotatable bonds is 6. The van der Waals surface area contributed by atoms with E-state index in [0.717, 1.165) is 49.7 Å². The smallest absolute Gasteiger partial charge is 0.319 e. The van der Waals surface area contributed by atoms with Crippen LogP contribution < -0.4 is 15.4 Å². The Morgan fingerprint density at radius 1 is 1.29 bits per heavy atom. The number of anilines is 1. The number of ether oxygens (including phenoxy) is 1. The molecule has 2 rings (SSSR count). The molecule has 2 amide bonds. The lowest BCUT2D eigenvalue weighted by atomic mass is 10.1. The van der Waals surface area contributed by atoms with Crippen molar-refractivity contribution in [1.29, 1.82) is 0 Å². The van der Waals surface area contributed by atoms with Crippen LogP contribution in [0.1, 0.15) is 12.5 Å². The molecule has 6 nitrogen and oxygen atoms in total. The molecule has 1 fully saturated rings. The highest BCUT2D eigenvalue weighted by Crippen LogP contribution is 2.21. The Hall–Kier alpha value is -1.79. The van der Waals surface area contributed by atoms with Crippen LogP contribution in [-0.4, -0.2) is 69.3 Å². The summed E-state index contributed by atoms with van der Waals surface area (Å²) in [5, 5.41) is 5.83. The van der Waals surface area contributed by atoms with E-state index in [9.17, 15) is 4.79 Å². The van der Waals surface area contributed by atoms with Crippen molar-refractivity contribution >= 4 is 11.7 Å². The lowest BCUT2D eigenvalue weighted by Gasteiger charge is -2.33. The van der Waals surface area contributed by atoms with Gasteiger partial charge in [-0.15, -0.1) is 0 Å². The molecule has 0 spiro atoms. The van der Waals surface area contributed by atoms with Crippen LogP contribution in [0.25, 0.3) is 0 Å². The zero-order valence-electron chi connectivity index (χ0n) is 15.3. The summed E-state index contributed by atoms with van der Waals surface area (Å²) >= 11 is 0. The van der Waals surface area contributed by atoms with Gasteiger partial charge in [0.2, 0.25) is 0 Å². The normalized spacial score (nSPS) is 17.3. The van der Waals surface area contributed by atoms with Gasteiger partial charge < -0.3 is 25.2 Å². The van der Waals surface area contributed by atoms with Gasteiger partial charge in [0.05, 0.1) is 7.11 Å². The third-order valence-electron chi connectivity index (χ3n) is 4.43. The number of hydrogen-bond acceptors (Lipinski definition) is 4. The van der Waals surface area contributed by atoms with Crippen LogP contribution in [0.5, 0.6) is 5.75 Å². The number of carbonyl (C=O) groups excluding carboxylic acids is 1. The zero-order valence-corrected chi connectivity index (χ0v) is 15.3. The Bertz CT molecular complexity index is 542. The Labute approximate surface area is 145 Å². The molecule has 0 aromatic heterocycles. The van der Waals surface area contributed by atoms with Crippen molar-refractivity contribution in [3.8, 4) is 5.75 Å². The Balaban J connectivity index is 1.71. The molecule has 0 unspecified atom stereocenters. The minimum Gasteiger partial charge on any atom is -0.496 e. The lowest BCUT2D eigenvalue weighted by molar-refractivity contribution is 0.138. The highest BCUT2D eigenvalue weighted by molar-refractivity contribution is 5.89. The van der Waals surface area contributed by atoms with E-state index in [1.165, 1.54) is 0 Å². The number of hydrogen-bond donors (Lipinski definition) is 2. The summed E-state index contributed by atoms with van der Waals surface area (Å²) in [5.74, 6) is 1.25. The van der Waals surface area contributed by atoms with Crippen LogP contribution in [-0.2, 0) is 0 Å². The number of amides is 2. The van der Waals surface area contributed by atoms with Crippen molar-refractivity contribution in [2.75, 3.05) is 58.7 Å². The number of carbonyl (C=O) groups is 1. The minimum absolute atomic E-state index is 0.162. The SMILES string of the molecule is COc1ccc(NC(=O)NC[C@@H](C)CN2CCN(C)CC2)cc1C. The Morgan fingerprint density at radius 2 is 2.00 bits per heavy atom. The van der Waals surface area contributed by atoms with Crippen LogP contribution in [0.15, 0.2) is 18.2 Å². The molecule has 2 N–H and O–H groups in total. The topological polar surface area (TPSA) is 56.8 Å². The molecular weight excluding hydrogens is 304 g/mol. The first kappa shape index (κ1) is 18.5. The van der Waals surface area contributed by atoms with E-state index in [1.807, 2.05) is 25.1 Å². The van der Waals surface area contributed by atoms with Gasteiger partial charge in [-0.1, -0.05) is 6.92 Å². The third kappa shape index (κ3) is 5.69. The maximum atomic E-state index is 12.0. The number of nitrogens with one attached hydrogen (secondary N) is 2. The summed E-state index contributed by atoms with van der Waals surface area (Å²) in [6, 6.07) is 5.45. The van der Waals surface area contributed by atoms with E-state index >= 15 is 0 Å². The van der Waals surface area contributed by atoms with Crippen LogP contribution in [0.2, 0.25) is 0 Å². The van der Waals surface area contributed by atoms with Crippen molar-refractivity contribution in [3.63, 3.8) is 0 Å². The van der Waals surface area contributed by atoms with Crippen LogP contribution in [0, 0.1) is 12.8 Å². The van der Waals surface area contributed by atoms with Gasteiger partial charge in [-0.2, -0.15) is 0 Å². The van der Waals surface area contributed by atoms with E-state index < -0.39 is 0 Å². The second-order valence-electron chi connectivity index (χ2n) is 6.73. The first-order valence-corrected chi connectivity index (χ1v) is 8.58. The van der Waals surface area contributed by atoms with Crippen molar-refractivity contribution in [1.82, 2.24) is 15.1 Å². The largest absolute Gasteiger partial charge is 0.496 e. The van der Waals surface area contributed by atoms with Gasteiger partial charge in [0.25, 0.3) is 0 Å². The molecule has 24 heavy (non-hydrogen) atoms. The van der Waals surface area contributed by atoms with E-state index in [2.05, 4.69) is 34.4 Å². The van der Waals surface area contributed by atoms with Gasteiger partial charge in [0.1, 0.15) is 5.75 Å². The molecule has 0 aliphatic carbocycles. The van der Waals surface area contributed by atoms with Gasteiger partial charge in [0, 0.05) is 45.0 Å². The molecule has 1 atom stereocenters. The van der Waals surface area contributed by atoms with Crippen molar-refractivity contribution < 1.29 is 9.53 Å². The summed E-state index contributed by atoms with van der Waals surface area (Å²) in [5.41, 5.74) is 1.77. The molecule has 0 saturated carbocycles. The number of urea groups is 1. The molecular formula is C18H30N4O2. The molecule has 0 radical (unpaired) electrons. The summed E-state index contributed by atoms with van der Waals surface area (Å²) < 4.78 is 5.23. The number of methoxy groups -OCH3 is 1. The van der Waals surface area contributed by atoms with Gasteiger partial charge in [-0.05, 0) is 43.7 Å². The first-order valence-electron chi connectivity index (χ1n) is 8.58. The summed E-state index contributed by atoms with van der Waals surface area (Å²) in [6.45, 7) is 10.3.